The monoisotopic (exact) mass is 250 g/mol. The normalized spacial score (nSPS) is 21.4. The van der Waals surface area contributed by atoms with Crippen LogP contribution in [0.2, 0.25) is 0 Å². The summed E-state index contributed by atoms with van der Waals surface area (Å²) < 4.78 is 31.8. The van der Waals surface area contributed by atoms with Gasteiger partial charge >= 0.3 is 5.97 Å². The summed E-state index contributed by atoms with van der Waals surface area (Å²) in [6.07, 6.45) is -0.881. The van der Waals surface area contributed by atoms with Crippen LogP contribution >= 0.6 is 0 Å². The average Bonchev–Trinajstić information content (AvgIpc) is 2.44. The van der Waals surface area contributed by atoms with Crippen LogP contribution in [-0.2, 0) is 29.3 Å². The fourth-order valence-corrected chi connectivity index (χ4v) is 1.76. The number of hydrogen-bond acceptors (Lipinski definition) is 7. The molecule has 1 aliphatic heterocycles. The van der Waals surface area contributed by atoms with Crippen molar-refractivity contribution in [1.82, 2.24) is 5.06 Å². The van der Waals surface area contributed by atoms with Crippen molar-refractivity contribution in [3.05, 3.63) is 0 Å². The zero-order valence-corrected chi connectivity index (χ0v) is 9.02. The molecule has 0 aromatic carbocycles. The topological polar surface area (TPSA) is 121 Å². The smallest absolute Gasteiger partial charge is 0.332 e. The Hall–Kier alpha value is -1.48. The first-order valence-electron chi connectivity index (χ1n) is 4.29. The summed E-state index contributed by atoms with van der Waals surface area (Å²) in [5.74, 6) is -3.20. The van der Waals surface area contributed by atoms with E-state index in [1.165, 1.54) is 6.92 Å². The second-order valence-corrected chi connectivity index (χ2v) is 4.58. The second kappa shape index (κ2) is 4.18. The van der Waals surface area contributed by atoms with Gasteiger partial charge in [-0.15, -0.1) is 5.06 Å². The summed E-state index contributed by atoms with van der Waals surface area (Å²) in [5.41, 5.74) is 0. The minimum Gasteiger partial charge on any atom is -0.747 e. The number of hydroxylamine groups is 2. The van der Waals surface area contributed by atoms with Crippen molar-refractivity contribution >= 4 is 27.9 Å². The van der Waals surface area contributed by atoms with Crippen LogP contribution in [0.3, 0.4) is 0 Å². The Balaban J connectivity index is 2.88. The molecule has 0 saturated carbocycles. The maximum Gasteiger partial charge on any atom is 0.332 e. The van der Waals surface area contributed by atoms with Gasteiger partial charge in [-0.05, 0) is 0 Å². The minimum atomic E-state index is -4.91. The summed E-state index contributed by atoms with van der Waals surface area (Å²) in [6.45, 7) is 1.43. The van der Waals surface area contributed by atoms with Crippen LogP contribution in [0.5, 0.6) is 0 Å². The molecular formula is C7H8NO7S-. The number of carbonyl (C=O) groups excluding carboxylic acids is 3. The van der Waals surface area contributed by atoms with Crippen LogP contribution in [0, 0.1) is 0 Å². The van der Waals surface area contributed by atoms with E-state index in [-0.39, 0.29) is 11.5 Å². The van der Waals surface area contributed by atoms with Gasteiger partial charge in [-0.3, -0.25) is 9.59 Å². The Morgan fingerprint density at radius 2 is 2.12 bits per heavy atom. The summed E-state index contributed by atoms with van der Waals surface area (Å²) in [4.78, 5) is 37.5. The molecule has 0 aromatic heterocycles. The number of imide groups is 1. The van der Waals surface area contributed by atoms with Gasteiger partial charge in [-0.2, -0.15) is 0 Å². The standard InChI is InChI=1S/C7H9NO7S/c1-2-6(10)15-8-5(9)3-4(7(8)11)16(12,13)14/h4H,2-3H2,1H3,(H,12,13,14)/p-1. The molecule has 0 aliphatic carbocycles. The van der Waals surface area contributed by atoms with E-state index in [0.717, 1.165) is 0 Å². The van der Waals surface area contributed by atoms with Crippen LogP contribution in [0.25, 0.3) is 0 Å². The van der Waals surface area contributed by atoms with Crippen LogP contribution in [0.1, 0.15) is 19.8 Å². The molecule has 90 valence electrons. The lowest BCUT2D eigenvalue weighted by molar-refractivity contribution is -0.197. The molecule has 0 aromatic rings. The van der Waals surface area contributed by atoms with E-state index in [4.69, 9.17) is 0 Å². The number of rotatable bonds is 3. The van der Waals surface area contributed by atoms with Crippen molar-refractivity contribution in [2.45, 2.75) is 25.0 Å². The third-order valence-corrected chi connectivity index (χ3v) is 2.96. The van der Waals surface area contributed by atoms with Gasteiger partial charge in [0.25, 0.3) is 11.8 Å². The van der Waals surface area contributed by atoms with E-state index in [1.54, 1.807) is 0 Å². The first kappa shape index (κ1) is 12.6. The molecule has 1 fully saturated rings. The highest BCUT2D eigenvalue weighted by Gasteiger charge is 2.45. The van der Waals surface area contributed by atoms with Crippen LogP contribution in [0.15, 0.2) is 0 Å². The zero-order valence-electron chi connectivity index (χ0n) is 8.20. The van der Waals surface area contributed by atoms with Crippen molar-refractivity contribution in [3.8, 4) is 0 Å². The average molecular weight is 250 g/mol. The van der Waals surface area contributed by atoms with Crippen molar-refractivity contribution in [1.29, 1.82) is 0 Å². The number of nitrogens with zero attached hydrogens (tertiary/aromatic N) is 1. The van der Waals surface area contributed by atoms with E-state index < -0.39 is 39.6 Å². The maximum atomic E-state index is 11.3. The molecule has 0 radical (unpaired) electrons. The third kappa shape index (κ3) is 2.36. The summed E-state index contributed by atoms with van der Waals surface area (Å²) in [5, 5.41) is -1.96. The van der Waals surface area contributed by atoms with Gasteiger partial charge in [0.1, 0.15) is 15.4 Å². The first-order valence-corrected chi connectivity index (χ1v) is 5.76. The highest BCUT2D eigenvalue weighted by Crippen LogP contribution is 2.19. The van der Waals surface area contributed by atoms with Crippen molar-refractivity contribution in [3.63, 3.8) is 0 Å². The van der Waals surface area contributed by atoms with Crippen LogP contribution in [0.4, 0.5) is 0 Å². The number of carbonyl (C=O) groups is 3. The van der Waals surface area contributed by atoms with Crippen molar-refractivity contribution in [2.75, 3.05) is 0 Å². The third-order valence-electron chi connectivity index (χ3n) is 1.89. The molecule has 1 heterocycles. The van der Waals surface area contributed by atoms with E-state index in [2.05, 4.69) is 4.84 Å². The molecule has 1 saturated heterocycles. The summed E-state index contributed by atoms with van der Waals surface area (Å²) >= 11 is 0. The lowest BCUT2D eigenvalue weighted by atomic mass is 10.4. The van der Waals surface area contributed by atoms with E-state index >= 15 is 0 Å². The Kier molecular flexibility index (Phi) is 3.29. The maximum absolute atomic E-state index is 11.3. The SMILES string of the molecule is CCC(=O)ON1C(=O)CC(S(=O)(=O)[O-])C1=O. The fourth-order valence-electron chi connectivity index (χ4n) is 1.07. The van der Waals surface area contributed by atoms with Crippen LogP contribution < -0.4 is 0 Å². The molecule has 1 atom stereocenters. The van der Waals surface area contributed by atoms with E-state index in [9.17, 15) is 27.4 Å². The van der Waals surface area contributed by atoms with Crippen molar-refractivity contribution < 1.29 is 32.2 Å². The largest absolute Gasteiger partial charge is 0.747 e. The molecule has 2 amide bonds. The van der Waals surface area contributed by atoms with Gasteiger partial charge in [-0.25, -0.2) is 13.2 Å². The first-order chi connectivity index (χ1) is 7.27. The molecule has 8 nitrogen and oxygen atoms in total. The van der Waals surface area contributed by atoms with Gasteiger partial charge in [0.15, 0.2) is 0 Å². The van der Waals surface area contributed by atoms with E-state index in [0.29, 0.717) is 0 Å². The Morgan fingerprint density at radius 1 is 1.56 bits per heavy atom. The second-order valence-electron chi connectivity index (χ2n) is 3.03. The predicted octanol–water partition coefficient (Wildman–Crippen LogP) is -1.47. The molecular weight excluding hydrogens is 242 g/mol. The van der Waals surface area contributed by atoms with Gasteiger partial charge in [0.2, 0.25) is 0 Å². The molecule has 1 aliphatic rings. The van der Waals surface area contributed by atoms with E-state index in [1.807, 2.05) is 0 Å². The van der Waals surface area contributed by atoms with Crippen LogP contribution in [-0.4, -0.2) is 41.1 Å². The Bertz CT molecular complexity index is 440. The Labute approximate surface area is 90.9 Å². The van der Waals surface area contributed by atoms with Gasteiger partial charge in [0.05, 0.1) is 6.42 Å². The number of amides is 2. The molecule has 0 spiro atoms. The van der Waals surface area contributed by atoms with Gasteiger partial charge < -0.3 is 9.39 Å². The van der Waals surface area contributed by atoms with Gasteiger partial charge in [0, 0.05) is 6.42 Å². The molecule has 1 unspecified atom stereocenters. The quantitative estimate of drug-likeness (QED) is 0.442. The minimum absolute atomic E-state index is 0.0337. The lowest BCUT2D eigenvalue weighted by Gasteiger charge is -2.14. The fraction of sp³-hybridized carbons (Fsp3) is 0.571. The van der Waals surface area contributed by atoms with Crippen molar-refractivity contribution in [2.24, 2.45) is 0 Å². The predicted molar refractivity (Wildman–Crippen MR) is 46.3 cm³/mol. The molecule has 1 rings (SSSR count). The molecule has 16 heavy (non-hydrogen) atoms. The van der Waals surface area contributed by atoms with Gasteiger partial charge in [-0.1, -0.05) is 6.92 Å². The highest BCUT2D eigenvalue weighted by atomic mass is 32.2. The summed E-state index contributed by atoms with van der Waals surface area (Å²) in [7, 11) is -4.91. The molecule has 0 N–H and O–H groups in total. The number of hydrogen-bond donors (Lipinski definition) is 0. The summed E-state index contributed by atoms with van der Waals surface area (Å²) in [6, 6.07) is 0. The zero-order chi connectivity index (χ0) is 12.5. The highest BCUT2D eigenvalue weighted by molar-refractivity contribution is 7.87. The Morgan fingerprint density at radius 3 is 2.50 bits per heavy atom. The lowest BCUT2D eigenvalue weighted by Crippen LogP contribution is -2.36. The molecule has 0 bridgehead atoms. The molecule has 9 heteroatoms.